The Hall–Kier alpha value is -3.45. The number of amides is 1. The summed E-state index contributed by atoms with van der Waals surface area (Å²) < 4.78 is 2.00. The molecule has 0 atom stereocenters. The first-order chi connectivity index (χ1) is 14.7. The van der Waals surface area contributed by atoms with Crippen LogP contribution < -0.4 is 5.32 Å². The van der Waals surface area contributed by atoms with Crippen LogP contribution in [-0.4, -0.2) is 31.4 Å². The van der Waals surface area contributed by atoms with Crippen LogP contribution in [0.1, 0.15) is 11.1 Å². The van der Waals surface area contributed by atoms with Crippen LogP contribution in [0.5, 0.6) is 0 Å². The monoisotopic (exact) mass is 415 g/mol. The molecule has 0 aliphatic heterocycles. The van der Waals surface area contributed by atoms with E-state index in [1.54, 1.807) is 12.4 Å². The number of aromatic nitrogens is 4. The number of para-hydroxylation sites is 1. The summed E-state index contributed by atoms with van der Waals surface area (Å²) >= 11 is 1.37. The quantitative estimate of drug-likeness (QED) is 0.461. The standard InChI is InChI=1S/C23H21N5OS/c1-17-7-5-6-10-20(17)28-22(19-11-13-24-14-12-19)26-27-23(28)30-16-21(29)25-15-18-8-3-2-4-9-18/h2-14H,15-16H2,1H3,(H,25,29). The predicted octanol–water partition coefficient (Wildman–Crippen LogP) is 4.05. The Balaban J connectivity index is 1.55. The number of hydrogen-bond acceptors (Lipinski definition) is 5. The van der Waals surface area contributed by atoms with Gasteiger partial charge >= 0.3 is 0 Å². The fourth-order valence-electron chi connectivity index (χ4n) is 3.06. The van der Waals surface area contributed by atoms with Gasteiger partial charge < -0.3 is 5.32 Å². The van der Waals surface area contributed by atoms with Crippen molar-refractivity contribution in [3.63, 3.8) is 0 Å². The smallest absolute Gasteiger partial charge is 0.230 e. The number of benzene rings is 2. The van der Waals surface area contributed by atoms with Crippen molar-refractivity contribution in [2.75, 3.05) is 5.75 Å². The molecule has 0 fully saturated rings. The van der Waals surface area contributed by atoms with Crippen molar-refractivity contribution in [2.24, 2.45) is 0 Å². The van der Waals surface area contributed by atoms with Crippen LogP contribution in [0.15, 0.2) is 84.3 Å². The highest BCUT2D eigenvalue weighted by Crippen LogP contribution is 2.29. The summed E-state index contributed by atoms with van der Waals surface area (Å²) in [5.74, 6) is 0.931. The lowest BCUT2D eigenvalue weighted by Crippen LogP contribution is -2.24. The Morgan fingerprint density at radius 1 is 0.967 bits per heavy atom. The molecule has 4 aromatic rings. The summed E-state index contributed by atoms with van der Waals surface area (Å²) in [7, 11) is 0. The first-order valence-electron chi connectivity index (χ1n) is 9.57. The van der Waals surface area contributed by atoms with Gasteiger partial charge in [-0.1, -0.05) is 60.3 Å². The maximum absolute atomic E-state index is 12.4. The molecule has 4 rings (SSSR count). The van der Waals surface area contributed by atoms with E-state index in [1.165, 1.54) is 11.8 Å². The minimum absolute atomic E-state index is 0.0475. The molecule has 1 amide bonds. The second-order valence-corrected chi connectivity index (χ2v) is 7.66. The van der Waals surface area contributed by atoms with Gasteiger partial charge in [-0.2, -0.15) is 0 Å². The zero-order chi connectivity index (χ0) is 20.8. The third-order valence-corrected chi connectivity index (χ3v) is 5.52. The molecule has 30 heavy (non-hydrogen) atoms. The average Bonchev–Trinajstić information content (AvgIpc) is 3.21. The van der Waals surface area contributed by atoms with E-state index in [0.29, 0.717) is 11.7 Å². The Morgan fingerprint density at radius 3 is 2.47 bits per heavy atom. The SMILES string of the molecule is Cc1ccccc1-n1c(SCC(=O)NCc2ccccc2)nnc1-c1ccncc1. The van der Waals surface area contributed by atoms with E-state index in [2.05, 4.69) is 20.5 Å². The predicted molar refractivity (Wildman–Crippen MR) is 118 cm³/mol. The van der Waals surface area contributed by atoms with Gasteiger partial charge in [0.25, 0.3) is 0 Å². The maximum Gasteiger partial charge on any atom is 0.230 e. The lowest BCUT2D eigenvalue weighted by Gasteiger charge is -2.13. The van der Waals surface area contributed by atoms with Crippen molar-refractivity contribution in [3.05, 3.63) is 90.3 Å². The summed E-state index contributed by atoms with van der Waals surface area (Å²) in [4.78, 5) is 16.5. The molecule has 2 heterocycles. The van der Waals surface area contributed by atoms with E-state index >= 15 is 0 Å². The zero-order valence-corrected chi connectivity index (χ0v) is 17.3. The van der Waals surface area contributed by atoms with Gasteiger partial charge in [0.1, 0.15) is 0 Å². The summed E-state index contributed by atoms with van der Waals surface area (Å²) in [5, 5.41) is 12.4. The molecule has 0 radical (unpaired) electrons. The number of thioether (sulfide) groups is 1. The van der Waals surface area contributed by atoms with E-state index < -0.39 is 0 Å². The van der Waals surface area contributed by atoms with E-state index in [0.717, 1.165) is 28.2 Å². The number of nitrogens with zero attached hydrogens (tertiary/aromatic N) is 4. The molecular weight excluding hydrogens is 394 g/mol. The van der Waals surface area contributed by atoms with E-state index in [4.69, 9.17) is 0 Å². The average molecular weight is 416 g/mol. The van der Waals surface area contributed by atoms with Crippen molar-refractivity contribution in [3.8, 4) is 17.1 Å². The number of aryl methyl sites for hydroxylation is 1. The van der Waals surface area contributed by atoms with Crippen LogP contribution in [0.3, 0.4) is 0 Å². The molecule has 7 heteroatoms. The van der Waals surface area contributed by atoms with Gasteiger partial charge in [-0.25, -0.2) is 0 Å². The van der Waals surface area contributed by atoms with Gasteiger partial charge in [0.15, 0.2) is 11.0 Å². The molecule has 2 aromatic carbocycles. The normalized spacial score (nSPS) is 10.7. The highest BCUT2D eigenvalue weighted by atomic mass is 32.2. The molecule has 0 aliphatic rings. The molecular formula is C23H21N5OS. The Kier molecular flexibility index (Phi) is 6.20. The summed E-state index contributed by atoms with van der Waals surface area (Å²) in [5.41, 5.74) is 4.07. The Morgan fingerprint density at radius 2 is 1.70 bits per heavy atom. The van der Waals surface area contributed by atoms with Gasteiger partial charge in [0.2, 0.25) is 5.91 Å². The van der Waals surface area contributed by atoms with Gasteiger partial charge in [-0.3, -0.25) is 14.3 Å². The van der Waals surface area contributed by atoms with Crippen molar-refractivity contribution >= 4 is 17.7 Å². The Bertz CT molecular complexity index is 1130. The zero-order valence-electron chi connectivity index (χ0n) is 16.5. The number of pyridine rings is 1. The largest absolute Gasteiger partial charge is 0.351 e. The topological polar surface area (TPSA) is 72.7 Å². The van der Waals surface area contributed by atoms with Gasteiger partial charge in [-0.15, -0.1) is 10.2 Å². The molecule has 0 spiro atoms. The second kappa shape index (κ2) is 9.37. The molecule has 0 bridgehead atoms. The molecule has 0 saturated heterocycles. The molecule has 2 aromatic heterocycles. The van der Waals surface area contributed by atoms with Crippen molar-refractivity contribution in [1.29, 1.82) is 0 Å². The first kappa shape index (κ1) is 19.8. The van der Waals surface area contributed by atoms with Crippen LogP contribution in [0, 0.1) is 6.92 Å². The molecule has 0 aliphatic carbocycles. The van der Waals surface area contributed by atoms with Gasteiger partial charge in [-0.05, 0) is 36.2 Å². The van der Waals surface area contributed by atoms with Crippen molar-refractivity contribution < 1.29 is 4.79 Å². The third-order valence-electron chi connectivity index (χ3n) is 4.59. The van der Waals surface area contributed by atoms with Crippen molar-refractivity contribution in [1.82, 2.24) is 25.1 Å². The van der Waals surface area contributed by atoms with Crippen LogP contribution >= 0.6 is 11.8 Å². The molecule has 1 N–H and O–H groups in total. The third kappa shape index (κ3) is 4.58. The number of carbonyl (C=O) groups excluding carboxylic acids is 1. The summed E-state index contributed by atoms with van der Waals surface area (Å²) in [6.45, 7) is 2.56. The van der Waals surface area contributed by atoms with Gasteiger partial charge in [0.05, 0.1) is 11.4 Å². The molecule has 150 valence electrons. The number of rotatable bonds is 7. The van der Waals surface area contributed by atoms with E-state index in [-0.39, 0.29) is 11.7 Å². The fourth-order valence-corrected chi connectivity index (χ4v) is 3.84. The second-order valence-electron chi connectivity index (χ2n) is 6.71. The van der Waals surface area contributed by atoms with Crippen molar-refractivity contribution in [2.45, 2.75) is 18.6 Å². The van der Waals surface area contributed by atoms with E-state index in [1.807, 2.05) is 78.2 Å². The van der Waals surface area contributed by atoms with Crippen LogP contribution in [0.4, 0.5) is 0 Å². The van der Waals surface area contributed by atoms with Crippen LogP contribution in [0.2, 0.25) is 0 Å². The summed E-state index contributed by atoms with van der Waals surface area (Å²) in [6, 6.07) is 21.7. The van der Waals surface area contributed by atoms with Crippen LogP contribution in [-0.2, 0) is 11.3 Å². The molecule has 0 unspecified atom stereocenters. The first-order valence-corrected chi connectivity index (χ1v) is 10.6. The lowest BCUT2D eigenvalue weighted by molar-refractivity contribution is -0.118. The summed E-state index contributed by atoms with van der Waals surface area (Å²) in [6.07, 6.45) is 3.46. The highest BCUT2D eigenvalue weighted by molar-refractivity contribution is 7.99. The molecule has 0 saturated carbocycles. The lowest BCUT2D eigenvalue weighted by atomic mass is 10.2. The highest BCUT2D eigenvalue weighted by Gasteiger charge is 2.18. The number of carbonyl (C=O) groups is 1. The number of hydrogen-bond donors (Lipinski definition) is 1. The minimum atomic E-state index is -0.0475. The fraction of sp³-hybridized carbons (Fsp3) is 0.130. The van der Waals surface area contributed by atoms with E-state index in [9.17, 15) is 4.79 Å². The van der Waals surface area contributed by atoms with Gasteiger partial charge in [0, 0.05) is 24.5 Å². The van der Waals surface area contributed by atoms with Crippen LogP contribution in [0.25, 0.3) is 17.1 Å². The number of nitrogens with one attached hydrogen (secondary N) is 1. The molecule has 6 nitrogen and oxygen atoms in total. The Labute approximate surface area is 179 Å². The minimum Gasteiger partial charge on any atom is -0.351 e. The maximum atomic E-state index is 12.4.